The number of carbonyl (C=O) groups excluding carboxylic acids is 1. The lowest BCUT2D eigenvalue weighted by molar-refractivity contribution is -0.142. The van der Waals surface area contributed by atoms with E-state index in [1.807, 2.05) is 12.1 Å². The number of unbranched alkanes of at least 4 members (excludes halogenated alkanes) is 14. The van der Waals surface area contributed by atoms with Crippen molar-refractivity contribution >= 4 is 11.9 Å². The van der Waals surface area contributed by atoms with Crippen molar-refractivity contribution in [2.45, 2.75) is 175 Å². The van der Waals surface area contributed by atoms with Gasteiger partial charge >= 0.3 is 5.97 Å². The predicted molar refractivity (Wildman–Crippen MR) is 178 cm³/mol. The lowest BCUT2D eigenvalue weighted by Gasteiger charge is -2.28. The Morgan fingerprint density at radius 3 is 1.50 bits per heavy atom. The fraction of sp³-hybridized carbons (Fsp3) is 0.784. The number of benzene rings is 1. The quantitative estimate of drug-likeness (QED) is 0.118. The van der Waals surface area contributed by atoms with Crippen LogP contribution in [-0.2, 0) is 26.8 Å². The smallest absolute Gasteiger partial charge is 0.306 e. The molecule has 42 heavy (non-hydrogen) atoms. The van der Waals surface area contributed by atoms with Gasteiger partial charge in [-0.05, 0) is 46.8 Å². The number of carboxylic acids is 1. The topological polar surface area (TPSA) is 86.6 Å². The highest BCUT2D eigenvalue weighted by molar-refractivity contribution is 5.76. The molecule has 1 unspecified atom stereocenters. The Hall–Kier alpha value is -2.04. The second-order valence-corrected chi connectivity index (χ2v) is 14.6. The van der Waals surface area contributed by atoms with Crippen LogP contribution in [0.2, 0.25) is 0 Å². The summed E-state index contributed by atoms with van der Waals surface area (Å²) in [6, 6.07) is 3.91. The lowest BCUT2D eigenvalue weighted by atomic mass is 9.77. The van der Waals surface area contributed by atoms with Crippen molar-refractivity contribution in [3.8, 4) is 5.75 Å². The van der Waals surface area contributed by atoms with Gasteiger partial charge in [-0.25, -0.2) is 0 Å². The molecular formula is C37H65NO4. The van der Waals surface area contributed by atoms with Crippen molar-refractivity contribution in [3.05, 3.63) is 28.8 Å². The van der Waals surface area contributed by atoms with Gasteiger partial charge in [0.1, 0.15) is 5.75 Å². The highest BCUT2D eigenvalue weighted by Crippen LogP contribution is 2.40. The molecule has 0 aliphatic heterocycles. The number of carbonyl (C=O) groups is 2. The Bertz CT molecular complexity index is 874. The zero-order chi connectivity index (χ0) is 31.6. The lowest BCUT2D eigenvalue weighted by Crippen LogP contribution is -2.28. The molecule has 0 aliphatic carbocycles. The van der Waals surface area contributed by atoms with E-state index in [0.29, 0.717) is 31.6 Å². The Morgan fingerprint density at radius 1 is 0.714 bits per heavy atom. The zero-order valence-electron chi connectivity index (χ0n) is 28.4. The summed E-state index contributed by atoms with van der Waals surface area (Å²) in [4.78, 5) is 24.4. The second-order valence-electron chi connectivity index (χ2n) is 14.6. The molecule has 1 rings (SSSR count). The standard InChI is InChI=1S/C37H65NO4/c1-8-9-10-11-12-13-14-15-16-17-18-19-20-21-22-23-33(39)38-25-24-30(35(41)42)26-29-27-31(36(2,3)4)34(40)32(28-29)37(5,6)7/h27-28,30,40H,8-26H2,1-7H3,(H,38,39)(H,41,42). The summed E-state index contributed by atoms with van der Waals surface area (Å²) in [5.74, 6) is -1.13. The van der Waals surface area contributed by atoms with Gasteiger partial charge in [0.15, 0.2) is 0 Å². The van der Waals surface area contributed by atoms with E-state index in [-0.39, 0.29) is 16.7 Å². The molecule has 1 aromatic carbocycles. The number of hydrogen-bond acceptors (Lipinski definition) is 3. The number of amides is 1. The van der Waals surface area contributed by atoms with Gasteiger partial charge in [0.2, 0.25) is 5.91 Å². The maximum absolute atomic E-state index is 12.3. The monoisotopic (exact) mass is 587 g/mol. The molecule has 0 saturated heterocycles. The first-order chi connectivity index (χ1) is 19.8. The van der Waals surface area contributed by atoms with E-state index in [1.54, 1.807) is 0 Å². The SMILES string of the molecule is CCCCCCCCCCCCCCCCCC(=O)NCCC(Cc1cc(C(C)(C)C)c(O)c(C(C)(C)C)c1)C(=O)O. The van der Waals surface area contributed by atoms with Crippen LogP contribution >= 0.6 is 0 Å². The molecule has 0 spiro atoms. The zero-order valence-corrected chi connectivity index (χ0v) is 28.4. The summed E-state index contributed by atoms with van der Waals surface area (Å²) in [7, 11) is 0. The number of phenolic OH excluding ortho intramolecular Hbond substituents is 1. The normalized spacial score (nSPS) is 12.8. The number of phenols is 1. The van der Waals surface area contributed by atoms with Crippen LogP contribution in [0.4, 0.5) is 0 Å². The molecule has 5 heteroatoms. The van der Waals surface area contributed by atoms with Crippen molar-refractivity contribution in [1.29, 1.82) is 0 Å². The average molecular weight is 588 g/mol. The minimum Gasteiger partial charge on any atom is -0.507 e. The van der Waals surface area contributed by atoms with E-state index in [9.17, 15) is 19.8 Å². The van der Waals surface area contributed by atoms with E-state index < -0.39 is 11.9 Å². The Kier molecular flexibility index (Phi) is 18.1. The van der Waals surface area contributed by atoms with Crippen LogP contribution in [0.15, 0.2) is 12.1 Å². The van der Waals surface area contributed by atoms with Crippen molar-refractivity contribution < 1.29 is 19.8 Å². The van der Waals surface area contributed by atoms with Crippen molar-refractivity contribution in [2.24, 2.45) is 5.92 Å². The fourth-order valence-corrected chi connectivity index (χ4v) is 5.68. The largest absolute Gasteiger partial charge is 0.507 e. The van der Waals surface area contributed by atoms with Crippen LogP contribution in [0.3, 0.4) is 0 Å². The molecule has 0 aliphatic rings. The molecule has 5 nitrogen and oxygen atoms in total. The van der Waals surface area contributed by atoms with Crippen molar-refractivity contribution in [1.82, 2.24) is 5.32 Å². The van der Waals surface area contributed by atoms with Gasteiger partial charge in [0.05, 0.1) is 5.92 Å². The molecule has 1 aromatic rings. The minimum atomic E-state index is -0.852. The van der Waals surface area contributed by atoms with E-state index in [4.69, 9.17) is 0 Å². The van der Waals surface area contributed by atoms with E-state index >= 15 is 0 Å². The van der Waals surface area contributed by atoms with Gasteiger partial charge in [0, 0.05) is 13.0 Å². The Labute approximate surface area is 258 Å². The van der Waals surface area contributed by atoms with Crippen LogP contribution in [0, 0.1) is 5.92 Å². The summed E-state index contributed by atoms with van der Waals surface area (Å²) in [6.45, 7) is 15.0. The van der Waals surface area contributed by atoms with E-state index in [1.165, 1.54) is 83.5 Å². The van der Waals surface area contributed by atoms with E-state index in [0.717, 1.165) is 29.5 Å². The number of carboxylic acid groups (broad SMARTS) is 1. The molecule has 1 amide bonds. The molecule has 0 bridgehead atoms. The minimum absolute atomic E-state index is 0.0171. The predicted octanol–water partition coefficient (Wildman–Crippen LogP) is 10.00. The third-order valence-corrected chi connectivity index (χ3v) is 8.44. The molecule has 0 heterocycles. The highest BCUT2D eigenvalue weighted by atomic mass is 16.4. The molecule has 0 aromatic heterocycles. The summed E-state index contributed by atoms with van der Waals surface area (Å²) < 4.78 is 0. The molecular weight excluding hydrogens is 522 g/mol. The molecule has 0 saturated carbocycles. The number of aromatic hydroxyl groups is 1. The van der Waals surface area contributed by atoms with E-state index in [2.05, 4.69) is 53.8 Å². The van der Waals surface area contributed by atoms with Crippen molar-refractivity contribution in [3.63, 3.8) is 0 Å². The molecule has 0 radical (unpaired) electrons. The van der Waals surface area contributed by atoms with Crippen molar-refractivity contribution in [2.75, 3.05) is 6.54 Å². The van der Waals surface area contributed by atoms with Crippen LogP contribution in [0.25, 0.3) is 0 Å². The Balaban J connectivity index is 2.31. The molecule has 3 N–H and O–H groups in total. The first kappa shape index (κ1) is 38.0. The second kappa shape index (κ2) is 20.0. The van der Waals surface area contributed by atoms with Gasteiger partial charge in [-0.15, -0.1) is 0 Å². The summed E-state index contributed by atoms with van der Waals surface area (Å²) >= 11 is 0. The van der Waals surface area contributed by atoms with Crippen LogP contribution in [0.5, 0.6) is 5.75 Å². The molecule has 242 valence electrons. The van der Waals surface area contributed by atoms with Gasteiger partial charge in [-0.3, -0.25) is 9.59 Å². The third-order valence-electron chi connectivity index (χ3n) is 8.44. The number of aliphatic carboxylic acids is 1. The third kappa shape index (κ3) is 16.0. The Morgan fingerprint density at radius 2 is 1.12 bits per heavy atom. The van der Waals surface area contributed by atoms with Gasteiger partial charge < -0.3 is 15.5 Å². The number of rotatable bonds is 22. The molecule has 0 fully saturated rings. The summed E-state index contributed by atoms with van der Waals surface area (Å²) in [5, 5.41) is 23.8. The first-order valence-electron chi connectivity index (χ1n) is 17.1. The first-order valence-corrected chi connectivity index (χ1v) is 17.1. The van der Waals surface area contributed by atoms with Gasteiger partial charge in [-0.2, -0.15) is 0 Å². The summed E-state index contributed by atoms with van der Waals surface area (Å²) in [6.07, 6.45) is 20.8. The van der Waals surface area contributed by atoms with Crippen LogP contribution < -0.4 is 5.32 Å². The molecule has 1 atom stereocenters. The summed E-state index contributed by atoms with van der Waals surface area (Å²) in [5.41, 5.74) is 2.07. The van der Waals surface area contributed by atoms with Crippen LogP contribution in [0.1, 0.15) is 174 Å². The van der Waals surface area contributed by atoms with Gasteiger partial charge in [0.25, 0.3) is 0 Å². The number of nitrogens with one attached hydrogen (secondary N) is 1. The maximum Gasteiger partial charge on any atom is 0.306 e. The number of hydrogen-bond donors (Lipinski definition) is 3. The van der Waals surface area contributed by atoms with Crippen LogP contribution in [-0.4, -0.2) is 28.6 Å². The average Bonchev–Trinajstić information content (AvgIpc) is 2.89. The fourth-order valence-electron chi connectivity index (χ4n) is 5.68. The maximum atomic E-state index is 12.3. The highest BCUT2D eigenvalue weighted by Gasteiger charge is 2.28. The van der Waals surface area contributed by atoms with Gasteiger partial charge in [-0.1, -0.05) is 150 Å².